The summed E-state index contributed by atoms with van der Waals surface area (Å²) in [5, 5.41) is 8.14. The standard InChI is InChI=1S/C26H24BrClN4O2/c1-4-34-21-12-10-20(11-13-21)32-25(17-5-8-19(28)9-6-17)30-24(31-32)26(33)29-23-14-7-18(27)15-22(23)16(2)3/h5-16H,4H2,1-3H3,(H,29,33). The maximum Gasteiger partial charge on any atom is 0.295 e. The number of benzene rings is 3. The zero-order valence-electron chi connectivity index (χ0n) is 19.0. The Bertz CT molecular complexity index is 1300. The molecule has 0 saturated carbocycles. The predicted molar refractivity (Wildman–Crippen MR) is 139 cm³/mol. The van der Waals surface area contributed by atoms with Crippen molar-refractivity contribution < 1.29 is 9.53 Å². The van der Waals surface area contributed by atoms with Crippen LogP contribution in [0.4, 0.5) is 5.69 Å². The van der Waals surface area contributed by atoms with Gasteiger partial charge in [-0.05, 0) is 85.1 Å². The Balaban J connectivity index is 1.73. The number of nitrogens with one attached hydrogen (secondary N) is 1. The number of carbonyl (C=O) groups is 1. The van der Waals surface area contributed by atoms with E-state index in [1.165, 1.54) is 0 Å². The zero-order chi connectivity index (χ0) is 24.2. The molecule has 3 aromatic carbocycles. The Morgan fingerprint density at radius 2 is 1.79 bits per heavy atom. The van der Waals surface area contributed by atoms with Crippen molar-refractivity contribution in [1.82, 2.24) is 14.8 Å². The Labute approximate surface area is 212 Å². The van der Waals surface area contributed by atoms with Crippen LogP contribution in [0, 0.1) is 0 Å². The predicted octanol–water partition coefficient (Wildman–Crippen LogP) is 7.12. The monoisotopic (exact) mass is 538 g/mol. The van der Waals surface area contributed by atoms with Gasteiger partial charge in [0.25, 0.3) is 5.91 Å². The topological polar surface area (TPSA) is 69.0 Å². The molecule has 4 aromatic rings. The van der Waals surface area contributed by atoms with Crippen LogP contribution in [0.2, 0.25) is 5.02 Å². The fourth-order valence-electron chi connectivity index (χ4n) is 3.53. The summed E-state index contributed by atoms with van der Waals surface area (Å²) in [5.74, 6) is 1.20. The van der Waals surface area contributed by atoms with Crippen LogP contribution in [0.1, 0.15) is 42.9 Å². The summed E-state index contributed by atoms with van der Waals surface area (Å²) < 4.78 is 8.15. The van der Waals surface area contributed by atoms with Crippen molar-refractivity contribution in [3.05, 3.63) is 87.6 Å². The molecule has 0 aliphatic rings. The van der Waals surface area contributed by atoms with Crippen LogP contribution in [0.3, 0.4) is 0 Å². The molecule has 0 aliphatic heterocycles. The van der Waals surface area contributed by atoms with Crippen LogP contribution in [-0.2, 0) is 0 Å². The fourth-order valence-corrected chi connectivity index (χ4v) is 4.03. The number of carbonyl (C=O) groups excluding carboxylic acids is 1. The van der Waals surface area contributed by atoms with Crippen LogP contribution < -0.4 is 10.1 Å². The molecule has 8 heteroatoms. The molecule has 0 spiro atoms. The van der Waals surface area contributed by atoms with Crippen molar-refractivity contribution in [2.75, 3.05) is 11.9 Å². The summed E-state index contributed by atoms with van der Waals surface area (Å²) in [4.78, 5) is 17.8. The second-order valence-corrected chi connectivity index (χ2v) is 9.30. The molecule has 0 fully saturated rings. The van der Waals surface area contributed by atoms with E-state index in [1.807, 2.05) is 61.5 Å². The van der Waals surface area contributed by atoms with Gasteiger partial charge in [-0.15, -0.1) is 5.10 Å². The van der Waals surface area contributed by atoms with Crippen molar-refractivity contribution >= 4 is 39.1 Å². The van der Waals surface area contributed by atoms with Gasteiger partial charge in [-0.3, -0.25) is 4.79 Å². The molecule has 0 unspecified atom stereocenters. The first-order valence-electron chi connectivity index (χ1n) is 10.9. The second-order valence-electron chi connectivity index (χ2n) is 7.95. The van der Waals surface area contributed by atoms with Gasteiger partial charge in [-0.2, -0.15) is 0 Å². The first-order chi connectivity index (χ1) is 16.4. The second kappa shape index (κ2) is 10.4. The number of hydrogen-bond donors (Lipinski definition) is 1. The number of amides is 1. The third-order valence-electron chi connectivity index (χ3n) is 5.19. The Morgan fingerprint density at radius 1 is 1.09 bits per heavy atom. The third-order valence-corrected chi connectivity index (χ3v) is 5.93. The van der Waals surface area contributed by atoms with E-state index in [4.69, 9.17) is 16.3 Å². The summed E-state index contributed by atoms with van der Waals surface area (Å²) >= 11 is 9.58. The molecule has 4 rings (SSSR count). The molecule has 0 aliphatic carbocycles. The molecule has 0 saturated heterocycles. The van der Waals surface area contributed by atoms with Crippen LogP contribution in [0.5, 0.6) is 5.75 Å². The number of rotatable bonds is 7. The SMILES string of the molecule is CCOc1ccc(-n2nc(C(=O)Nc3ccc(Br)cc3C(C)C)nc2-c2ccc(Cl)cc2)cc1. The minimum absolute atomic E-state index is 0.0662. The molecular weight excluding hydrogens is 516 g/mol. The number of halogens is 2. The van der Waals surface area contributed by atoms with E-state index in [0.29, 0.717) is 17.5 Å². The highest BCUT2D eigenvalue weighted by atomic mass is 79.9. The third kappa shape index (κ3) is 5.32. The summed E-state index contributed by atoms with van der Waals surface area (Å²) in [6.07, 6.45) is 0. The van der Waals surface area contributed by atoms with E-state index < -0.39 is 0 Å². The minimum Gasteiger partial charge on any atom is -0.494 e. The van der Waals surface area contributed by atoms with Gasteiger partial charge in [0.15, 0.2) is 5.82 Å². The van der Waals surface area contributed by atoms with Crippen LogP contribution in [0.15, 0.2) is 71.2 Å². The lowest BCUT2D eigenvalue weighted by atomic mass is 10.0. The maximum atomic E-state index is 13.2. The molecule has 1 aromatic heterocycles. The zero-order valence-corrected chi connectivity index (χ0v) is 21.4. The quantitative estimate of drug-likeness (QED) is 0.271. The molecule has 1 amide bonds. The Kier molecular flexibility index (Phi) is 7.34. The highest BCUT2D eigenvalue weighted by Crippen LogP contribution is 2.29. The number of anilines is 1. The smallest absolute Gasteiger partial charge is 0.295 e. The van der Waals surface area contributed by atoms with E-state index in [9.17, 15) is 4.79 Å². The molecule has 0 radical (unpaired) electrons. The largest absolute Gasteiger partial charge is 0.494 e. The molecule has 1 N–H and O–H groups in total. The van der Waals surface area contributed by atoms with Crippen LogP contribution in [-0.4, -0.2) is 27.3 Å². The number of ether oxygens (including phenoxy) is 1. The van der Waals surface area contributed by atoms with Gasteiger partial charge >= 0.3 is 0 Å². The molecule has 6 nitrogen and oxygen atoms in total. The first-order valence-corrected chi connectivity index (χ1v) is 12.1. The van der Waals surface area contributed by atoms with E-state index >= 15 is 0 Å². The lowest BCUT2D eigenvalue weighted by Crippen LogP contribution is -2.16. The molecule has 0 atom stereocenters. The highest BCUT2D eigenvalue weighted by molar-refractivity contribution is 9.10. The van der Waals surface area contributed by atoms with Crippen molar-refractivity contribution in [3.63, 3.8) is 0 Å². The van der Waals surface area contributed by atoms with E-state index in [1.54, 1.807) is 16.8 Å². The number of aromatic nitrogens is 3. The first kappa shape index (κ1) is 24.0. The number of hydrogen-bond acceptors (Lipinski definition) is 4. The van der Waals surface area contributed by atoms with Crippen molar-refractivity contribution in [3.8, 4) is 22.8 Å². The van der Waals surface area contributed by atoms with E-state index in [0.717, 1.165) is 32.7 Å². The Hall–Kier alpha value is -3.16. The summed E-state index contributed by atoms with van der Waals surface area (Å²) in [6, 6.07) is 20.5. The van der Waals surface area contributed by atoms with Gasteiger partial charge in [0.05, 0.1) is 12.3 Å². The lowest BCUT2D eigenvalue weighted by Gasteiger charge is -2.13. The summed E-state index contributed by atoms with van der Waals surface area (Å²) in [6.45, 7) is 6.67. The van der Waals surface area contributed by atoms with Gasteiger partial charge in [-0.1, -0.05) is 41.4 Å². The van der Waals surface area contributed by atoms with Gasteiger partial charge < -0.3 is 10.1 Å². The average molecular weight is 540 g/mol. The average Bonchev–Trinajstić information content (AvgIpc) is 3.27. The normalized spacial score (nSPS) is 11.0. The van der Waals surface area contributed by atoms with Gasteiger partial charge in [-0.25, -0.2) is 9.67 Å². The van der Waals surface area contributed by atoms with E-state index in [2.05, 4.69) is 45.2 Å². The molecule has 34 heavy (non-hydrogen) atoms. The maximum absolute atomic E-state index is 13.2. The van der Waals surface area contributed by atoms with Gasteiger partial charge in [0, 0.05) is 20.7 Å². The minimum atomic E-state index is -0.385. The van der Waals surface area contributed by atoms with Crippen LogP contribution >= 0.6 is 27.5 Å². The van der Waals surface area contributed by atoms with Crippen molar-refractivity contribution in [2.45, 2.75) is 26.7 Å². The molecule has 174 valence electrons. The molecular formula is C26H24BrClN4O2. The number of nitrogens with zero attached hydrogens (tertiary/aromatic N) is 3. The summed E-state index contributed by atoms with van der Waals surface area (Å²) in [7, 11) is 0. The molecule has 1 heterocycles. The van der Waals surface area contributed by atoms with Crippen LogP contribution in [0.25, 0.3) is 17.1 Å². The van der Waals surface area contributed by atoms with E-state index in [-0.39, 0.29) is 17.6 Å². The lowest BCUT2D eigenvalue weighted by molar-refractivity contribution is 0.101. The van der Waals surface area contributed by atoms with Gasteiger partial charge in [0.2, 0.25) is 5.82 Å². The highest BCUT2D eigenvalue weighted by Gasteiger charge is 2.20. The summed E-state index contributed by atoms with van der Waals surface area (Å²) in [5.41, 5.74) is 3.29. The van der Waals surface area contributed by atoms with Crippen molar-refractivity contribution in [1.29, 1.82) is 0 Å². The Morgan fingerprint density at radius 3 is 2.44 bits per heavy atom. The van der Waals surface area contributed by atoms with Gasteiger partial charge in [0.1, 0.15) is 5.75 Å². The molecule has 0 bridgehead atoms. The van der Waals surface area contributed by atoms with Crippen molar-refractivity contribution in [2.24, 2.45) is 0 Å². The fraction of sp³-hybridized carbons (Fsp3) is 0.192.